The molecular formula is C20H19N3O. The number of rotatable bonds is 3. The molecule has 1 aliphatic heterocycles. The van der Waals surface area contributed by atoms with E-state index in [9.17, 15) is 10.5 Å². The van der Waals surface area contributed by atoms with Crippen LogP contribution in [0.5, 0.6) is 0 Å². The molecule has 2 aliphatic rings. The fourth-order valence-corrected chi connectivity index (χ4v) is 3.28. The minimum Gasteiger partial charge on any atom is -0.462 e. The Labute approximate surface area is 142 Å². The summed E-state index contributed by atoms with van der Waals surface area (Å²) in [6, 6.07) is 12.5. The largest absolute Gasteiger partial charge is 0.462 e. The van der Waals surface area contributed by atoms with Crippen LogP contribution >= 0.6 is 0 Å². The average molecular weight is 317 g/mol. The Morgan fingerprint density at radius 3 is 2.38 bits per heavy atom. The molecule has 1 aromatic rings. The van der Waals surface area contributed by atoms with Gasteiger partial charge in [-0.25, -0.2) is 0 Å². The van der Waals surface area contributed by atoms with Gasteiger partial charge in [0.15, 0.2) is 5.41 Å². The predicted octanol–water partition coefficient (Wildman–Crippen LogP) is 4.01. The summed E-state index contributed by atoms with van der Waals surface area (Å²) in [7, 11) is 4.03. The Kier molecular flexibility index (Phi) is 3.91. The van der Waals surface area contributed by atoms with E-state index in [1.165, 1.54) is 0 Å². The first-order chi connectivity index (χ1) is 11.5. The zero-order chi connectivity index (χ0) is 17.3. The number of ether oxygens (including phenoxy) is 1. The molecule has 1 saturated carbocycles. The third kappa shape index (κ3) is 2.57. The van der Waals surface area contributed by atoms with E-state index >= 15 is 0 Å². The molecule has 1 aromatic carbocycles. The first kappa shape index (κ1) is 15.9. The molecule has 1 atom stereocenters. The Morgan fingerprint density at radius 1 is 1.17 bits per heavy atom. The maximum Gasteiger partial charge on any atom is 0.169 e. The summed E-state index contributed by atoms with van der Waals surface area (Å²) in [6.45, 7) is 1.83. The molecule has 0 radical (unpaired) electrons. The smallest absolute Gasteiger partial charge is 0.169 e. The quantitative estimate of drug-likeness (QED) is 0.845. The topological polar surface area (TPSA) is 60.0 Å². The molecule has 1 aliphatic carbocycles. The van der Waals surface area contributed by atoms with Gasteiger partial charge in [-0.15, -0.1) is 0 Å². The number of allylic oxidation sites excluding steroid dienone is 4. The summed E-state index contributed by atoms with van der Waals surface area (Å²) in [5, 5.41) is 18.5. The summed E-state index contributed by atoms with van der Waals surface area (Å²) < 4.78 is 5.81. The number of nitrogens with zero attached hydrogens (tertiary/aromatic N) is 3. The van der Waals surface area contributed by atoms with Crippen LogP contribution in [0.3, 0.4) is 0 Å². The van der Waals surface area contributed by atoms with E-state index in [1.54, 1.807) is 0 Å². The van der Waals surface area contributed by atoms with Crippen LogP contribution in [0.1, 0.15) is 18.9 Å². The zero-order valence-electron chi connectivity index (χ0n) is 14.1. The number of nitriles is 2. The van der Waals surface area contributed by atoms with Crippen LogP contribution in [-0.2, 0) is 4.74 Å². The summed E-state index contributed by atoms with van der Waals surface area (Å²) >= 11 is 0. The number of anilines is 1. The minimum absolute atomic E-state index is 0.133. The fourth-order valence-electron chi connectivity index (χ4n) is 3.28. The van der Waals surface area contributed by atoms with E-state index in [2.05, 4.69) is 41.3 Å². The highest BCUT2D eigenvalue weighted by atomic mass is 16.5. The third-order valence-electron chi connectivity index (χ3n) is 4.60. The van der Waals surface area contributed by atoms with Crippen molar-refractivity contribution in [3.05, 3.63) is 59.1 Å². The molecule has 0 aromatic heterocycles. The Morgan fingerprint density at radius 2 is 1.83 bits per heavy atom. The zero-order valence-corrected chi connectivity index (χ0v) is 14.1. The van der Waals surface area contributed by atoms with Crippen molar-refractivity contribution >= 4 is 11.8 Å². The number of benzene rings is 1. The van der Waals surface area contributed by atoms with Crippen LogP contribution in [0.2, 0.25) is 0 Å². The van der Waals surface area contributed by atoms with Crippen LogP contribution in [0, 0.1) is 34.0 Å². The second kappa shape index (κ2) is 5.91. The first-order valence-electron chi connectivity index (χ1n) is 7.88. The van der Waals surface area contributed by atoms with E-state index in [-0.39, 0.29) is 5.92 Å². The van der Waals surface area contributed by atoms with Crippen molar-refractivity contribution in [1.82, 2.24) is 0 Å². The Bertz CT molecular complexity index is 815. The molecule has 0 N–H and O–H groups in total. The molecule has 3 rings (SSSR count). The van der Waals surface area contributed by atoms with Crippen LogP contribution in [-0.4, -0.2) is 14.1 Å². The molecule has 4 nitrogen and oxygen atoms in total. The number of hydrogen-bond donors (Lipinski definition) is 0. The van der Waals surface area contributed by atoms with Gasteiger partial charge in [0.25, 0.3) is 0 Å². The molecule has 1 heterocycles. The van der Waals surface area contributed by atoms with Gasteiger partial charge in [0.05, 0.1) is 12.1 Å². The number of hydrogen-bond acceptors (Lipinski definition) is 4. The van der Waals surface area contributed by atoms with Gasteiger partial charge in [-0.05, 0) is 43.2 Å². The summed E-state index contributed by atoms with van der Waals surface area (Å²) in [4.78, 5) is 2.06. The third-order valence-corrected chi connectivity index (χ3v) is 4.60. The lowest BCUT2D eigenvalue weighted by Gasteiger charge is -2.42. The average Bonchev–Trinajstić information content (AvgIpc) is 2.55. The van der Waals surface area contributed by atoms with Gasteiger partial charge >= 0.3 is 0 Å². The monoisotopic (exact) mass is 317 g/mol. The molecule has 0 saturated heterocycles. The van der Waals surface area contributed by atoms with Crippen molar-refractivity contribution in [3.8, 4) is 12.1 Å². The summed E-state index contributed by atoms with van der Waals surface area (Å²) in [5.41, 5.74) is 2.07. The Hall–Kier alpha value is -2.98. The SMILES string of the molecule is CC1=C2C(C=C(C=Cc3ccc(N(C)C)cc3)O1)CC2(C#N)C#N. The lowest BCUT2D eigenvalue weighted by atomic mass is 9.58. The van der Waals surface area contributed by atoms with Crippen LogP contribution < -0.4 is 4.90 Å². The van der Waals surface area contributed by atoms with Crippen molar-refractivity contribution in [3.63, 3.8) is 0 Å². The maximum atomic E-state index is 9.27. The van der Waals surface area contributed by atoms with Crippen LogP contribution in [0.15, 0.2) is 53.5 Å². The summed E-state index contributed by atoms with van der Waals surface area (Å²) in [6.07, 6.45) is 6.48. The van der Waals surface area contributed by atoms with Gasteiger partial charge in [0, 0.05) is 31.3 Å². The van der Waals surface area contributed by atoms with Gasteiger partial charge in [-0.3, -0.25) is 0 Å². The molecule has 24 heavy (non-hydrogen) atoms. The molecule has 0 amide bonds. The summed E-state index contributed by atoms with van der Waals surface area (Å²) in [5.74, 6) is 1.58. The molecular weight excluding hydrogens is 298 g/mol. The van der Waals surface area contributed by atoms with Gasteiger partial charge < -0.3 is 9.64 Å². The van der Waals surface area contributed by atoms with E-state index in [4.69, 9.17) is 4.74 Å². The molecule has 0 spiro atoms. The van der Waals surface area contributed by atoms with Crippen molar-refractivity contribution < 1.29 is 4.74 Å². The van der Waals surface area contributed by atoms with Gasteiger partial charge in [-0.1, -0.05) is 18.2 Å². The predicted molar refractivity (Wildman–Crippen MR) is 93.4 cm³/mol. The van der Waals surface area contributed by atoms with Gasteiger partial charge in [0.2, 0.25) is 0 Å². The van der Waals surface area contributed by atoms with Gasteiger partial charge in [-0.2, -0.15) is 10.5 Å². The fraction of sp³-hybridized carbons (Fsp3) is 0.300. The van der Waals surface area contributed by atoms with Crippen molar-refractivity contribution in [1.29, 1.82) is 10.5 Å². The Balaban J connectivity index is 1.74. The maximum absolute atomic E-state index is 9.27. The van der Waals surface area contributed by atoms with Crippen molar-refractivity contribution in [2.45, 2.75) is 13.3 Å². The lowest BCUT2D eigenvalue weighted by molar-refractivity contribution is 0.233. The molecule has 4 heteroatoms. The molecule has 0 bridgehead atoms. The minimum atomic E-state index is -0.998. The normalized spacial score (nSPS) is 21.0. The highest BCUT2D eigenvalue weighted by Crippen LogP contribution is 2.54. The van der Waals surface area contributed by atoms with Gasteiger partial charge in [0.1, 0.15) is 11.5 Å². The molecule has 1 fully saturated rings. The highest BCUT2D eigenvalue weighted by molar-refractivity contribution is 5.58. The number of fused-ring (bicyclic) bond motifs is 1. The second-order valence-electron chi connectivity index (χ2n) is 6.40. The van der Waals surface area contributed by atoms with Crippen LogP contribution in [0.25, 0.3) is 6.08 Å². The second-order valence-corrected chi connectivity index (χ2v) is 6.40. The van der Waals surface area contributed by atoms with Crippen molar-refractivity contribution in [2.75, 3.05) is 19.0 Å². The van der Waals surface area contributed by atoms with Crippen molar-refractivity contribution in [2.24, 2.45) is 11.3 Å². The first-order valence-corrected chi connectivity index (χ1v) is 7.88. The van der Waals surface area contributed by atoms with E-state index in [1.807, 2.05) is 39.2 Å². The standard InChI is InChI=1S/C20H19N3O/c1-14-19-16(11-20(19,12-21)13-22)10-18(24-14)9-6-15-4-7-17(8-5-15)23(2)3/h4-10,16H,11H2,1-3H3. The molecule has 120 valence electrons. The highest BCUT2D eigenvalue weighted by Gasteiger charge is 2.52. The van der Waals surface area contributed by atoms with Crippen LogP contribution in [0.4, 0.5) is 5.69 Å². The molecule has 1 unspecified atom stereocenters. The van der Waals surface area contributed by atoms with E-state index in [0.29, 0.717) is 12.2 Å². The lowest BCUT2D eigenvalue weighted by Crippen LogP contribution is -2.40. The van der Waals surface area contributed by atoms with E-state index in [0.717, 1.165) is 22.6 Å². The van der Waals surface area contributed by atoms with E-state index < -0.39 is 5.41 Å².